The molecule has 0 unspecified atom stereocenters. The van der Waals surface area contributed by atoms with Gasteiger partial charge in [0.1, 0.15) is 0 Å². The van der Waals surface area contributed by atoms with Crippen molar-refractivity contribution in [3.05, 3.63) is 0 Å². The molecule has 82 valence electrons. The summed E-state index contributed by atoms with van der Waals surface area (Å²) in [6.45, 7) is 2.59. The number of nitrogens with zero attached hydrogens (tertiary/aromatic N) is 1. The maximum absolute atomic E-state index is 11.3. The first-order chi connectivity index (χ1) is 6.61. The average molecular weight is 201 g/mol. The molecular formula is C10H19NO3. The largest absolute Gasteiger partial charge is 0.469 e. The first kappa shape index (κ1) is 12.9. The highest BCUT2D eigenvalue weighted by molar-refractivity contribution is 5.75. The number of methoxy groups -OCH3 is 1. The minimum Gasteiger partial charge on any atom is -0.469 e. The summed E-state index contributed by atoms with van der Waals surface area (Å²) in [5, 5.41) is 0. The van der Waals surface area contributed by atoms with Crippen molar-refractivity contribution in [2.24, 2.45) is 0 Å². The van der Waals surface area contributed by atoms with Crippen molar-refractivity contribution >= 4 is 11.9 Å². The molecule has 0 bridgehead atoms. The zero-order valence-corrected chi connectivity index (χ0v) is 9.21. The van der Waals surface area contributed by atoms with Crippen molar-refractivity contribution in [3.63, 3.8) is 0 Å². The van der Waals surface area contributed by atoms with Crippen molar-refractivity contribution in [2.75, 3.05) is 20.7 Å². The van der Waals surface area contributed by atoms with Gasteiger partial charge >= 0.3 is 5.97 Å². The molecule has 0 saturated heterocycles. The van der Waals surface area contributed by atoms with Crippen molar-refractivity contribution in [1.82, 2.24) is 4.90 Å². The predicted octanol–water partition coefficient (Wildman–Crippen LogP) is 1.20. The van der Waals surface area contributed by atoms with Gasteiger partial charge in [-0.2, -0.15) is 0 Å². The second-order valence-corrected chi connectivity index (χ2v) is 3.24. The molecule has 14 heavy (non-hydrogen) atoms. The normalized spacial score (nSPS) is 9.64. The summed E-state index contributed by atoms with van der Waals surface area (Å²) >= 11 is 0. The summed E-state index contributed by atoms with van der Waals surface area (Å²) in [7, 11) is 3.13. The van der Waals surface area contributed by atoms with Crippen molar-refractivity contribution < 1.29 is 14.3 Å². The molecule has 0 saturated carbocycles. The summed E-state index contributed by atoms with van der Waals surface area (Å²) in [5.41, 5.74) is 0. The summed E-state index contributed by atoms with van der Waals surface area (Å²) in [5.74, 6) is -0.0845. The van der Waals surface area contributed by atoms with Gasteiger partial charge in [0.25, 0.3) is 0 Å². The van der Waals surface area contributed by atoms with E-state index in [0.717, 1.165) is 6.42 Å². The highest BCUT2D eigenvalue weighted by Gasteiger charge is 2.07. The molecule has 0 aliphatic rings. The summed E-state index contributed by atoms with van der Waals surface area (Å²) < 4.78 is 4.50. The smallest absolute Gasteiger partial charge is 0.305 e. The Kier molecular flexibility index (Phi) is 6.80. The van der Waals surface area contributed by atoms with Gasteiger partial charge in [0.2, 0.25) is 5.91 Å². The second-order valence-electron chi connectivity index (χ2n) is 3.24. The zero-order chi connectivity index (χ0) is 11.0. The molecule has 0 rings (SSSR count). The van der Waals surface area contributed by atoms with Crippen molar-refractivity contribution in [3.8, 4) is 0 Å². The first-order valence-corrected chi connectivity index (χ1v) is 4.92. The van der Waals surface area contributed by atoms with Crippen LogP contribution in [0.15, 0.2) is 0 Å². The van der Waals surface area contributed by atoms with E-state index in [1.807, 2.05) is 6.92 Å². The fourth-order valence-corrected chi connectivity index (χ4v) is 1.09. The van der Waals surface area contributed by atoms with Crippen molar-refractivity contribution in [1.29, 1.82) is 0 Å². The van der Waals surface area contributed by atoms with Gasteiger partial charge in [-0.3, -0.25) is 9.59 Å². The number of esters is 1. The standard InChI is InChI=1S/C10H19NO3/c1-4-6-9(12)11(2)8-5-7-10(13)14-3/h4-8H2,1-3H3. The molecule has 1 amide bonds. The van der Waals surface area contributed by atoms with Gasteiger partial charge in [-0.25, -0.2) is 0 Å². The molecule has 0 aliphatic heterocycles. The predicted molar refractivity (Wildman–Crippen MR) is 53.8 cm³/mol. The fourth-order valence-electron chi connectivity index (χ4n) is 1.09. The lowest BCUT2D eigenvalue weighted by Crippen LogP contribution is -2.27. The molecular weight excluding hydrogens is 182 g/mol. The van der Waals surface area contributed by atoms with Crippen LogP contribution in [0.4, 0.5) is 0 Å². The van der Waals surface area contributed by atoms with Crippen LogP contribution >= 0.6 is 0 Å². The quantitative estimate of drug-likeness (QED) is 0.607. The van der Waals surface area contributed by atoms with E-state index < -0.39 is 0 Å². The lowest BCUT2D eigenvalue weighted by atomic mass is 10.2. The maximum Gasteiger partial charge on any atom is 0.305 e. The van der Waals surface area contributed by atoms with Crippen LogP contribution in [-0.4, -0.2) is 37.5 Å². The molecule has 0 heterocycles. The third kappa shape index (κ3) is 5.56. The topological polar surface area (TPSA) is 46.6 Å². The van der Waals surface area contributed by atoms with E-state index in [-0.39, 0.29) is 11.9 Å². The molecule has 0 spiro atoms. The van der Waals surface area contributed by atoms with Gasteiger partial charge in [-0.05, 0) is 12.8 Å². The van der Waals surface area contributed by atoms with Crippen LogP contribution in [0.2, 0.25) is 0 Å². The van der Waals surface area contributed by atoms with Gasteiger partial charge in [0.05, 0.1) is 7.11 Å². The molecule has 0 aromatic heterocycles. The van der Waals surface area contributed by atoms with E-state index in [4.69, 9.17) is 0 Å². The number of carbonyl (C=O) groups is 2. The molecule has 0 atom stereocenters. The molecule has 4 heteroatoms. The Bertz CT molecular complexity index is 192. The van der Waals surface area contributed by atoms with Crippen LogP contribution in [0.5, 0.6) is 0 Å². The van der Waals surface area contributed by atoms with Gasteiger partial charge in [-0.15, -0.1) is 0 Å². The van der Waals surface area contributed by atoms with Gasteiger partial charge in [-0.1, -0.05) is 6.92 Å². The van der Waals surface area contributed by atoms with Crippen LogP contribution in [-0.2, 0) is 14.3 Å². The number of rotatable bonds is 6. The molecule has 0 aromatic carbocycles. The van der Waals surface area contributed by atoms with E-state index in [2.05, 4.69) is 4.74 Å². The SMILES string of the molecule is CCCC(=O)N(C)CCCC(=O)OC. The van der Waals surface area contributed by atoms with E-state index in [0.29, 0.717) is 25.8 Å². The van der Waals surface area contributed by atoms with E-state index in [1.54, 1.807) is 11.9 Å². The van der Waals surface area contributed by atoms with Gasteiger partial charge in [0, 0.05) is 26.4 Å². The molecule has 0 aliphatic carbocycles. The summed E-state index contributed by atoms with van der Waals surface area (Å²) in [6, 6.07) is 0. The Labute approximate surface area is 85.2 Å². The molecule has 0 N–H and O–H groups in total. The number of carbonyl (C=O) groups excluding carboxylic acids is 2. The highest BCUT2D eigenvalue weighted by Crippen LogP contribution is 1.98. The lowest BCUT2D eigenvalue weighted by molar-refractivity contribution is -0.141. The van der Waals surface area contributed by atoms with E-state index >= 15 is 0 Å². The van der Waals surface area contributed by atoms with Crippen molar-refractivity contribution in [2.45, 2.75) is 32.6 Å². The monoisotopic (exact) mass is 201 g/mol. The number of hydrogen-bond donors (Lipinski definition) is 0. The lowest BCUT2D eigenvalue weighted by Gasteiger charge is -2.16. The first-order valence-electron chi connectivity index (χ1n) is 4.92. The van der Waals surface area contributed by atoms with E-state index in [9.17, 15) is 9.59 Å². The Morgan fingerprint density at radius 3 is 2.43 bits per heavy atom. The minimum absolute atomic E-state index is 0.136. The van der Waals surface area contributed by atoms with E-state index in [1.165, 1.54) is 7.11 Å². The van der Waals surface area contributed by atoms with Crippen LogP contribution in [0.3, 0.4) is 0 Å². The van der Waals surface area contributed by atoms with Crippen LogP contribution in [0, 0.1) is 0 Å². The van der Waals surface area contributed by atoms with Gasteiger partial charge < -0.3 is 9.64 Å². The number of hydrogen-bond acceptors (Lipinski definition) is 3. The second kappa shape index (κ2) is 7.35. The minimum atomic E-state index is -0.221. The third-order valence-electron chi connectivity index (χ3n) is 1.99. The van der Waals surface area contributed by atoms with Crippen LogP contribution < -0.4 is 0 Å². The number of ether oxygens (including phenoxy) is 1. The Morgan fingerprint density at radius 1 is 1.29 bits per heavy atom. The molecule has 0 aromatic rings. The summed E-state index contributed by atoms with van der Waals surface area (Å²) in [4.78, 5) is 23.7. The fraction of sp³-hybridized carbons (Fsp3) is 0.800. The molecule has 0 radical (unpaired) electrons. The Balaban J connectivity index is 3.58. The summed E-state index contributed by atoms with van der Waals surface area (Å²) in [6.07, 6.45) is 2.48. The third-order valence-corrected chi connectivity index (χ3v) is 1.99. The average Bonchev–Trinajstić information content (AvgIpc) is 2.17. The Hall–Kier alpha value is -1.06. The molecule has 0 fully saturated rings. The molecule has 4 nitrogen and oxygen atoms in total. The van der Waals surface area contributed by atoms with Crippen LogP contribution in [0.25, 0.3) is 0 Å². The Morgan fingerprint density at radius 2 is 1.93 bits per heavy atom. The number of amides is 1. The zero-order valence-electron chi connectivity index (χ0n) is 9.21. The van der Waals surface area contributed by atoms with Gasteiger partial charge in [0.15, 0.2) is 0 Å². The van der Waals surface area contributed by atoms with Crippen LogP contribution in [0.1, 0.15) is 32.6 Å². The maximum atomic E-state index is 11.3. The highest BCUT2D eigenvalue weighted by atomic mass is 16.5.